The van der Waals surface area contributed by atoms with Crippen LogP contribution in [0.25, 0.3) is 22.6 Å². The number of tetrazole rings is 1. The van der Waals surface area contributed by atoms with E-state index in [1.54, 1.807) is 31.3 Å². The van der Waals surface area contributed by atoms with E-state index >= 15 is 0 Å². The lowest BCUT2D eigenvalue weighted by molar-refractivity contribution is 0.0963. The number of amides is 1. The molecule has 0 aliphatic carbocycles. The van der Waals surface area contributed by atoms with Gasteiger partial charge in [-0.3, -0.25) is 9.88 Å². The van der Waals surface area contributed by atoms with E-state index < -0.39 is 18.0 Å². The Kier molecular flexibility index (Phi) is 4.24. The minimum Gasteiger partial charge on any atom is -0.443 e. The van der Waals surface area contributed by atoms with Crippen LogP contribution in [0, 0.1) is 5.82 Å². The third kappa shape index (κ3) is 3.22. The van der Waals surface area contributed by atoms with Gasteiger partial charge in [-0.2, -0.15) is 4.80 Å². The van der Waals surface area contributed by atoms with Gasteiger partial charge in [0, 0.05) is 17.3 Å². The smallest absolute Gasteiger partial charge is 0.415 e. The zero-order valence-electron chi connectivity index (χ0n) is 14.3. The number of carbonyl (C=O) groups is 1. The fraction of sp³-hybridized carbons (Fsp3) is 0.235. The van der Waals surface area contributed by atoms with Gasteiger partial charge in [-0.1, -0.05) is 6.07 Å². The molecule has 10 heteroatoms. The first kappa shape index (κ1) is 17.0. The molecule has 1 aliphatic rings. The van der Waals surface area contributed by atoms with Crippen LogP contribution in [-0.4, -0.2) is 55.6 Å². The molecule has 3 aromatic rings. The number of nitrogens with zero attached hydrogens (tertiary/aromatic N) is 6. The number of benzene rings is 1. The average Bonchev–Trinajstić information content (AvgIpc) is 3.27. The number of halogens is 1. The predicted octanol–water partition coefficient (Wildman–Crippen LogP) is 1.13. The summed E-state index contributed by atoms with van der Waals surface area (Å²) in [5, 5.41) is 19.0. The highest BCUT2D eigenvalue weighted by Gasteiger charge is 2.33. The first-order valence-electron chi connectivity index (χ1n) is 8.18. The number of aromatic nitrogens is 5. The van der Waals surface area contributed by atoms with Crippen molar-refractivity contribution in [2.75, 3.05) is 18.1 Å². The SMILES string of the molecule is Cn1nnc(-c2ccc(-c3ccc(N4C[C@H](C[OH2+])OC4=O)cc3F)cn2)n1. The van der Waals surface area contributed by atoms with E-state index in [0.717, 1.165) is 0 Å². The van der Waals surface area contributed by atoms with Crippen molar-refractivity contribution in [3.8, 4) is 22.6 Å². The molecule has 0 spiro atoms. The molecular weight excluding hydrogens is 355 g/mol. The molecule has 1 aliphatic heterocycles. The van der Waals surface area contributed by atoms with E-state index in [1.165, 1.54) is 22.0 Å². The van der Waals surface area contributed by atoms with E-state index in [9.17, 15) is 9.18 Å². The van der Waals surface area contributed by atoms with Crippen LogP contribution in [0.4, 0.5) is 14.9 Å². The van der Waals surface area contributed by atoms with Crippen LogP contribution >= 0.6 is 0 Å². The van der Waals surface area contributed by atoms with Crippen molar-refractivity contribution in [1.82, 2.24) is 25.2 Å². The minimum absolute atomic E-state index is 0.0263. The molecule has 1 amide bonds. The fourth-order valence-electron chi connectivity index (χ4n) is 2.82. The third-order valence-corrected chi connectivity index (χ3v) is 4.18. The number of ether oxygens (including phenoxy) is 1. The van der Waals surface area contributed by atoms with E-state index in [1.807, 2.05) is 0 Å². The summed E-state index contributed by atoms with van der Waals surface area (Å²) in [4.78, 5) is 18.8. The molecule has 3 heterocycles. The van der Waals surface area contributed by atoms with Gasteiger partial charge in [0.2, 0.25) is 5.82 Å². The second-order valence-corrected chi connectivity index (χ2v) is 6.02. The molecule has 1 aromatic carbocycles. The molecule has 1 atom stereocenters. The lowest BCUT2D eigenvalue weighted by Crippen LogP contribution is -2.25. The lowest BCUT2D eigenvalue weighted by atomic mass is 10.1. The molecule has 2 N–H and O–H groups in total. The molecule has 4 rings (SSSR count). The van der Waals surface area contributed by atoms with Gasteiger partial charge in [-0.15, -0.1) is 10.2 Å². The number of carbonyl (C=O) groups excluding carboxylic acids is 1. The summed E-state index contributed by atoms with van der Waals surface area (Å²) < 4.78 is 19.7. The topological polar surface area (TPSA) is 109 Å². The molecule has 2 aromatic heterocycles. The van der Waals surface area contributed by atoms with Crippen molar-refractivity contribution < 1.29 is 19.0 Å². The van der Waals surface area contributed by atoms with Crippen LogP contribution < -0.4 is 4.90 Å². The number of pyridine rings is 1. The third-order valence-electron chi connectivity index (χ3n) is 4.18. The Balaban J connectivity index is 1.58. The van der Waals surface area contributed by atoms with Gasteiger partial charge >= 0.3 is 6.09 Å². The van der Waals surface area contributed by atoms with Crippen molar-refractivity contribution in [3.05, 3.63) is 42.3 Å². The number of anilines is 1. The van der Waals surface area contributed by atoms with Gasteiger partial charge in [-0.25, -0.2) is 9.18 Å². The largest absolute Gasteiger partial charge is 0.443 e. The molecular formula is C17H16FN6O3+. The van der Waals surface area contributed by atoms with E-state index in [0.29, 0.717) is 28.3 Å². The fourth-order valence-corrected chi connectivity index (χ4v) is 2.82. The molecule has 27 heavy (non-hydrogen) atoms. The van der Waals surface area contributed by atoms with Crippen molar-refractivity contribution in [2.45, 2.75) is 6.10 Å². The Morgan fingerprint density at radius 1 is 1.33 bits per heavy atom. The maximum atomic E-state index is 14.6. The zero-order chi connectivity index (χ0) is 19.0. The Hall–Kier alpha value is -3.40. The summed E-state index contributed by atoms with van der Waals surface area (Å²) >= 11 is 0. The van der Waals surface area contributed by atoms with E-state index in [2.05, 4.69) is 20.4 Å². The van der Waals surface area contributed by atoms with Crippen LogP contribution in [0.3, 0.4) is 0 Å². The molecule has 0 saturated carbocycles. The summed E-state index contributed by atoms with van der Waals surface area (Å²) in [5.74, 6) is -0.0989. The van der Waals surface area contributed by atoms with Gasteiger partial charge in [0.05, 0.1) is 19.3 Å². The van der Waals surface area contributed by atoms with Gasteiger partial charge in [-0.05, 0) is 29.5 Å². The summed E-state index contributed by atoms with van der Waals surface area (Å²) in [6.45, 7) is 0.212. The predicted molar refractivity (Wildman–Crippen MR) is 93.5 cm³/mol. The number of hydrogen-bond donors (Lipinski definition) is 0. The molecule has 0 unspecified atom stereocenters. The lowest BCUT2D eigenvalue weighted by Gasteiger charge is -2.14. The first-order chi connectivity index (χ1) is 13.0. The number of aryl methyl sites for hydroxylation is 1. The average molecular weight is 371 g/mol. The minimum atomic E-state index is -0.568. The Labute approximate surface area is 153 Å². The molecule has 0 bridgehead atoms. The van der Waals surface area contributed by atoms with Gasteiger partial charge in [0.15, 0.2) is 12.7 Å². The van der Waals surface area contributed by atoms with Crippen molar-refractivity contribution >= 4 is 11.8 Å². The summed E-state index contributed by atoms with van der Waals surface area (Å²) in [7, 11) is 1.66. The number of rotatable bonds is 4. The molecule has 1 saturated heterocycles. The molecule has 9 nitrogen and oxygen atoms in total. The number of cyclic esters (lactones) is 1. The Bertz CT molecular complexity index is 991. The summed E-state index contributed by atoms with van der Waals surface area (Å²) in [6.07, 6.45) is 0.470. The van der Waals surface area contributed by atoms with Crippen LogP contribution in [0.15, 0.2) is 36.5 Å². The van der Waals surface area contributed by atoms with E-state index in [4.69, 9.17) is 9.84 Å². The second-order valence-electron chi connectivity index (χ2n) is 6.02. The quantitative estimate of drug-likeness (QED) is 0.636. The molecule has 138 valence electrons. The zero-order valence-corrected chi connectivity index (χ0v) is 14.3. The normalized spacial score (nSPS) is 16.6. The monoisotopic (exact) mass is 371 g/mol. The maximum absolute atomic E-state index is 14.6. The van der Waals surface area contributed by atoms with Crippen molar-refractivity contribution in [2.24, 2.45) is 7.05 Å². The Morgan fingerprint density at radius 2 is 2.19 bits per heavy atom. The van der Waals surface area contributed by atoms with Crippen LogP contribution in [0.5, 0.6) is 0 Å². The van der Waals surface area contributed by atoms with Crippen molar-refractivity contribution in [1.29, 1.82) is 0 Å². The van der Waals surface area contributed by atoms with Gasteiger partial charge in [0.1, 0.15) is 11.5 Å². The highest BCUT2D eigenvalue weighted by molar-refractivity contribution is 5.90. The van der Waals surface area contributed by atoms with Gasteiger partial charge in [0.25, 0.3) is 0 Å². The molecule has 1 fully saturated rings. The summed E-state index contributed by atoms with van der Waals surface area (Å²) in [5.41, 5.74) is 1.87. The highest BCUT2D eigenvalue weighted by atomic mass is 19.1. The van der Waals surface area contributed by atoms with E-state index in [-0.39, 0.29) is 13.2 Å². The Morgan fingerprint density at radius 3 is 2.78 bits per heavy atom. The van der Waals surface area contributed by atoms with Crippen molar-refractivity contribution in [3.63, 3.8) is 0 Å². The van der Waals surface area contributed by atoms with Crippen LogP contribution in [0.1, 0.15) is 0 Å². The van der Waals surface area contributed by atoms with Gasteiger partial charge < -0.3 is 9.84 Å². The second kappa shape index (κ2) is 6.72. The molecule has 0 radical (unpaired) electrons. The van der Waals surface area contributed by atoms with Crippen LogP contribution in [-0.2, 0) is 11.8 Å². The summed E-state index contributed by atoms with van der Waals surface area (Å²) in [6, 6.07) is 7.92. The first-order valence-corrected chi connectivity index (χ1v) is 8.18. The van der Waals surface area contributed by atoms with Crippen LogP contribution in [0.2, 0.25) is 0 Å². The number of hydrogen-bond acceptors (Lipinski definition) is 6. The highest BCUT2D eigenvalue weighted by Crippen LogP contribution is 2.29. The maximum Gasteiger partial charge on any atom is 0.415 e. The standard InChI is InChI=1S/C17H15FN6O3/c1-23-21-16(20-22-23)15-5-2-10(7-19-15)13-4-3-11(6-14(13)18)24-8-12(9-25)27-17(24)26/h2-7,12,25H,8-9H2,1H3/p+1/t12-/m1/s1.